The molecule has 3 aromatic rings. The second kappa shape index (κ2) is 11.0. The Morgan fingerprint density at radius 1 is 1.12 bits per heavy atom. The van der Waals surface area contributed by atoms with E-state index in [1.54, 1.807) is 25.4 Å². The Balaban J connectivity index is 1.71. The van der Waals surface area contributed by atoms with Crippen molar-refractivity contribution in [3.8, 4) is 5.75 Å². The third kappa shape index (κ3) is 5.87. The summed E-state index contributed by atoms with van der Waals surface area (Å²) >= 11 is 0. The van der Waals surface area contributed by atoms with Gasteiger partial charge in [-0.25, -0.2) is 9.78 Å². The number of nitrogens with zero attached hydrogens (tertiary/aromatic N) is 2. The van der Waals surface area contributed by atoms with Gasteiger partial charge in [-0.15, -0.1) is 0 Å². The molecule has 8 nitrogen and oxygen atoms in total. The quantitative estimate of drug-likeness (QED) is 0.480. The maximum Gasteiger partial charge on any atom is 0.319 e. The summed E-state index contributed by atoms with van der Waals surface area (Å²) in [7, 11) is 3.49. The van der Waals surface area contributed by atoms with Crippen molar-refractivity contribution >= 4 is 17.6 Å². The van der Waals surface area contributed by atoms with Crippen molar-refractivity contribution in [1.82, 2.24) is 20.2 Å². The van der Waals surface area contributed by atoms with E-state index in [-0.39, 0.29) is 18.4 Å². The van der Waals surface area contributed by atoms with E-state index in [0.717, 1.165) is 17.5 Å². The number of rotatable bonds is 9. The highest BCUT2D eigenvalue weighted by Gasteiger charge is 2.23. The molecule has 0 aliphatic carbocycles. The summed E-state index contributed by atoms with van der Waals surface area (Å²) in [6.45, 7) is 2.61. The Morgan fingerprint density at radius 3 is 2.53 bits per heavy atom. The number of carbonyl (C=O) groups is 2. The fraction of sp³-hybridized carbons (Fsp3) is 0.292. The monoisotopic (exact) mass is 435 g/mol. The number of urea groups is 1. The normalized spacial score (nSPS) is 11.5. The molecule has 3 rings (SSSR count). The fourth-order valence-corrected chi connectivity index (χ4v) is 3.36. The largest absolute Gasteiger partial charge is 0.496 e. The minimum absolute atomic E-state index is 0.148. The zero-order chi connectivity index (χ0) is 22.9. The van der Waals surface area contributed by atoms with Crippen molar-refractivity contribution in [3.05, 3.63) is 77.9 Å². The molecule has 0 spiro atoms. The molecule has 0 fully saturated rings. The number of para-hydroxylation sites is 1. The van der Waals surface area contributed by atoms with Crippen molar-refractivity contribution < 1.29 is 14.3 Å². The molecule has 3 amide bonds. The van der Waals surface area contributed by atoms with Crippen LogP contribution in [0.5, 0.6) is 5.75 Å². The second-order valence-electron chi connectivity index (χ2n) is 7.39. The first-order valence-electron chi connectivity index (χ1n) is 10.5. The van der Waals surface area contributed by atoms with Gasteiger partial charge in [-0.05, 0) is 30.2 Å². The average Bonchev–Trinajstić information content (AvgIpc) is 3.23. The predicted molar refractivity (Wildman–Crippen MR) is 124 cm³/mol. The number of ether oxygens (including phenoxy) is 1. The summed E-state index contributed by atoms with van der Waals surface area (Å²) < 4.78 is 7.38. The number of benzene rings is 2. The molecule has 0 aliphatic heterocycles. The Hall–Kier alpha value is -3.81. The van der Waals surface area contributed by atoms with Crippen LogP contribution in [0.4, 0.5) is 10.5 Å². The van der Waals surface area contributed by atoms with Gasteiger partial charge in [0.05, 0.1) is 13.5 Å². The van der Waals surface area contributed by atoms with Crippen LogP contribution in [0.3, 0.4) is 0 Å². The topological polar surface area (TPSA) is 97.3 Å². The molecule has 1 aromatic heterocycles. The Kier molecular flexibility index (Phi) is 7.85. The molecule has 2 aromatic carbocycles. The molecule has 0 radical (unpaired) electrons. The Morgan fingerprint density at radius 2 is 1.88 bits per heavy atom. The van der Waals surface area contributed by atoms with Crippen molar-refractivity contribution in [2.45, 2.75) is 25.8 Å². The van der Waals surface area contributed by atoms with Crippen LogP contribution >= 0.6 is 0 Å². The lowest BCUT2D eigenvalue weighted by atomic mass is 10.0. The van der Waals surface area contributed by atoms with E-state index in [2.05, 4.69) is 20.9 Å². The average molecular weight is 436 g/mol. The molecule has 0 saturated carbocycles. The molecule has 1 atom stereocenters. The van der Waals surface area contributed by atoms with E-state index >= 15 is 0 Å². The van der Waals surface area contributed by atoms with Crippen LogP contribution in [0.25, 0.3) is 0 Å². The van der Waals surface area contributed by atoms with Gasteiger partial charge in [0, 0.05) is 37.2 Å². The van der Waals surface area contributed by atoms with Crippen molar-refractivity contribution in [3.63, 3.8) is 0 Å². The SMILES string of the molecule is CCCNC(=O)Nc1ccc(CC(=O)NC(c2ccccc2OC)c2nccn2C)cc1. The molecule has 1 unspecified atom stereocenters. The van der Waals surface area contributed by atoms with E-state index < -0.39 is 6.04 Å². The molecular weight excluding hydrogens is 406 g/mol. The maximum absolute atomic E-state index is 12.9. The predicted octanol–water partition coefficient (Wildman–Crippen LogP) is 3.41. The van der Waals surface area contributed by atoms with Gasteiger partial charge >= 0.3 is 6.03 Å². The summed E-state index contributed by atoms with van der Waals surface area (Å²) in [6, 6.07) is 14.1. The van der Waals surface area contributed by atoms with Crippen LogP contribution < -0.4 is 20.7 Å². The number of carbonyl (C=O) groups excluding carboxylic acids is 2. The smallest absolute Gasteiger partial charge is 0.319 e. The standard InChI is InChI=1S/C24H29N5O3/c1-4-13-26-24(31)27-18-11-9-17(10-12-18)16-21(30)28-22(23-25-14-15-29(23)2)19-7-5-6-8-20(19)32-3/h5-12,14-15,22H,4,13,16H2,1-3H3,(H,28,30)(H2,26,27,31). The van der Waals surface area contributed by atoms with Crippen LogP contribution in [-0.4, -0.2) is 35.1 Å². The number of hydrogen-bond donors (Lipinski definition) is 3. The maximum atomic E-state index is 12.9. The molecule has 0 saturated heterocycles. The lowest BCUT2D eigenvalue weighted by Gasteiger charge is -2.21. The summed E-state index contributed by atoms with van der Waals surface area (Å²) in [4.78, 5) is 29.1. The first kappa shape index (κ1) is 22.9. The van der Waals surface area contributed by atoms with Gasteiger partial charge in [0.2, 0.25) is 5.91 Å². The number of aryl methyl sites for hydroxylation is 1. The van der Waals surface area contributed by atoms with Gasteiger partial charge in [0.15, 0.2) is 0 Å². The number of methoxy groups -OCH3 is 1. The van der Waals surface area contributed by atoms with Gasteiger partial charge in [-0.3, -0.25) is 4.79 Å². The lowest BCUT2D eigenvalue weighted by molar-refractivity contribution is -0.121. The van der Waals surface area contributed by atoms with Crippen LogP contribution in [0, 0.1) is 0 Å². The third-order valence-electron chi connectivity index (χ3n) is 4.98. The molecule has 1 heterocycles. The number of amides is 3. The minimum Gasteiger partial charge on any atom is -0.496 e. The number of nitrogens with one attached hydrogen (secondary N) is 3. The van der Waals surface area contributed by atoms with Crippen LogP contribution in [0.2, 0.25) is 0 Å². The molecular formula is C24H29N5O3. The molecule has 0 aliphatic rings. The van der Waals surface area contributed by atoms with Crippen molar-refractivity contribution in [1.29, 1.82) is 0 Å². The first-order valence-corrected chi connectivity index (χ1v) is 10.5. The molecule has 168 valence electrons. The number of imidazole rings is 1. The highest BCUT2D eigenvalue weighted by molar-refractivity contribution is 5.89. The third-order valence-corrected chi connectivity index (χ3v) is 4.98. The zero-order valence-electron chi connectivity index (χ0n) is 18.6. The van der Waals surface area contributed by atoms with Crippen LogP contribution in [0.1, 0.15) is 36.3 Å². The number of hydrogen-bond acceptors (Lipinski definition) is 4. The molecule has 3 N–H and O–H groups in total. The number of anilines is 1. The van der Waals surface area contributed by atoms with Gasteiger partial charge < -0.3 is 25.3 Å². The van der Waals surface area contributed by atoms with Gasteiger partial charge in [0.25, 0.3) is 0 Å². The molecule has 8 heteroatoms. The van der Waals surface area contributed by atoms with E-state index in [1.807, 2.05) is 61.1 Å². The summed E-state index contributed by atoms with van der Waals surface area (Å²) in [5.74, 6) is 1.24. The van der Waals surface area contributed by atoms with E-state index in [1.165, 1.54) is 0 Å². The summed E-state index contributed by atoms with van der Waals surface area (Å²) in [5, 5.41) is 8.62. The number of aromatic nitrogens is 2. The van der Waals surface area contributed by atoms with Crippen LogP contribution in [0.15, 0.2) is 60.9 Å². The summed E-state index contributed by atoms with van der Waals surface area (Å²) in [5.41, 5.74) is 2.33. The van der Waals surface area contributed by atoms with Gasteiger partial charge in [-0.2, -0.15) is 0 Å². The molecule has 0 bridgehead atoms. The van der Waals surface area contributed by atoms with Crippen molar-refractivity contribution in [2.24, 2.45) is 7.05 Å². The second-order valence-corrected chi connectivity index (χ2v) is 7.39. The van der Waals surface area contributed by atoms with Gasteiger partial charge in [0.1, 0.15) is 17.6 Å². The minimum atomic E-state index is -0.457. The first-order chi connectivity index (χ1) is 15.5. The lowest BCUT2D eigenvalue weighted by Crippen LogP contribution is -2.32. The highest BCUT2D eigenvalue weighted by Crippen LogP contribution is 2.29. The fourth-order valence-electron chi connectivity index (χ4n) is 3.36. The summed E-state index contributed by atoms with van der Waals surface area (Å²) in [6.07, 6.45) is 4.60. The zero-order valence-corrected chi connectivity index (χ0v) is 18.6. The highest BCUT2D eigenvalue weighted by atomic mass is 16.5. The van der Waals surface area contributed by atoms with E-state index in [9.17, 15) is 9.59 Å². The van der Waals surface area contributed by atoms with Gasteiger partial charge in [-0.1, -0.05) is 37.3 Å². The molecule has 32 heavy (non-hydrogen) atoms. The van der Waals surface area contributed by atoms with E-state index in [4.69, 9.17) is 4.74 Å². The van der Waals surface area contributed by atoms with E-state index in [0.29, 0.717) is 23.8 Å². The Bertz CT molecular complexity index is 1050. The van der Waals surface area contributed by atoms with Crippen molar-refractivity contribution in [2.75, 3.05) is 19.0 Å². The van der Waals surface area contributed by atoms with Crippen LogP contribution in [-0.2, 0) is 18.3 Å². The Labute approximate surface area is 188 Å².